The normalized spacial score (nSPS) is 25.7. The lowest BCUT2D eigenvalue weighted by molar-refractivity contribution is -0.146. The first-order valence-corrected chi connectivity index (χ1v) is 14.7. The van der Waals surface area contributed by atoms with Crippen LogP contribution in [0.2, 0.25) is 0 Å². The lowest BCUT2D eigenvalue weighted by Gasteiger charge is -2.54. The maximum Gasteiger partial charge on any atom is 0.416 e. The number of carbonyl (C=O) groups excluding carboxylic acids is 3. The number of likely N-dealkylation sites (tertiary alicyclic amines) is 1. The van der Waals surface area contributed by atoms with Crippen LogP contribution in [-0.2, 0) is 36.7 Å². The van der Waals surface area contributed by atoms with Crippen LogP contribution >= 0.6 is 23.2 Å². The van der Waals surface area contributed by atoms with Gasteiger partial charge in [-0.1, -0.05) is 84.9 Å². The molecule has 0 radical (unpaired) electrons. The molecule has 1 N–H and O–H groups in total. The highest BCUT2D eigenvalue weighted by Gasteiger charge is 2.73. The van der Waals surface area contributed by atoms with Gasteiger partial charge in [0.05, 0.1) is 17.4 Å². The minimum atomic E-state index is -4.63. The Hall–Kier alpha value is -4.14. The molecular formula is C34H23Cl2F3N2O3. The van der Waals surface area contributed by atoms with Crippen molar-refractivity contribution >= 4 is 46.6 Å². The molecule has 4 aromatic carbocycles. The molecule has 1 fully saturated rings. The van der Waals surface area contributed by atoms with E-state index in [1.165, 1.54) is 12.1 Å². The van der Waals surface area contributed by atoms with Crippen molar-refractivity contribution in [2.45, 2.75) is 28.4 Å². The summed E-state index contributed by atoms with van der Waals surface area (Å²) in [5.74, 6) is -4.39. The van der Waals surface area contributed by atoms with Crippen LogP contribution in [0.3, 0.4) is 0 Å². The van der Waals surface area contributed by atoms with E-state index in [1.54, 1.807) is 78.9 Å². The summed E-state index contributed by atoms with van der Waals surface area (Å²) in [6, 6.07) is 25.9. The van der Waals surface area contributed by atoms with Gasteiger partial charge in [-0.15, -0.1) is 23.2 Å². The maximum absolute atomic E-state index is 14.5. The molecule has 0 saturated carbocycles. The molecule has 44 heavy (non-hydrogen) atoms. The highest BCUT2D eigenvalue weighted by molar-refractivity contribution is 6.36. The van der Waals surface area contributed by atoms with Crippen molar-refractivity contribution in [1.29, 1.82) is 0 Å². The van der Waals surface area contributed by atoms with Crippen LogP contribution in [0.5, 0.6) is 0 Å². The molecule has 0 unspecified atom stereocenters. The summed E-state index contributed by atoms with van der Waals surface area (Å²) in [5.41, 5.74) is 2.04. The zero-order valence-electron chi connectivity index (χ0n) is 22.8. The fourth-order valence-electron chi connectivity index (χ4n) is 7.13. The van der Waals surface area contributed by atoms with Crippen molar-refractivity contribution < 1.29 is 27.6 Å². The molecule has 5 nitrogen and oxygen atoms in total. The summed E-state index contributed by atoms with van der Waals surface area (Å²) in [7, 11) is 0. The van der Waals surface area contributed by atoms with E-state index < -0.39 is 57.1 Å². The number of hydrogen-bond donors (Lipinski definition) is 1. The molecule has 3 amide bonds. The molecule has 3 atom stereocenters. The van der Waals surface area contributed by atoms with E-state index in [4.69, 9.17) is 23.2 Å². The number of hydrogen-bond acceptors (Lipinski definition) is 3. The van der Waals surface area contributed by atoms with Crippen LogP contribution in [0.25, 0.3) is 0 Å². The molecule has 4 aromatic rings. The molecule has 4 aliphatic rings. The van der Waals surface area contributed by atoms with Gasteiger partial charge in [-0.2, -0.15) is 13.2 Å². The van der Waals surface area contributed by atoms with Gasteiger partial charge in [-0.05, 0) is 46.0 Å². The quantitative estimate of drug-likeness (QED) is 0.193. The van der Waals surface area contributed by atoms with Gasteiger partial charge in [0.1, 0.15) is 15.8 Å². The first-order chi connectivity index (χ1) is 21.0. The van der Waals surface area contributed by atoms with Gasteiger partial charge < -0.3 is 5.32 Å². The monoisotopic (exact) mass is 634 g/mol. The SMILES string of the molecule is O=C(Nc1cccc(C(F)(F)F)c1)[C@@H](Cc1ccccc1)N1C(=O)[C@@H]2[C@H](C1=O)C1(Cl)c3ccccc3C2(Cl)c2ccccc21. The summed E-state index contributed by atoms with van der Waals surface area (Å²) in [6.45, 7) is 0. The lowest BCUT2D eigenvalue weighted by atomic mass is 9.54. The van der Waals surface area contributed by atoms with Crippen molar-refractivity contribution in [3.05, 3.63) is 137 Å². The molecule has 1 heterocycles. The van der Waals surface area contributed by atoms with Crippen molar-refractivity contribution in [2.75, 3.05) is 5.32 Å². The summed E-state index contributed by atoms with van der Waals surface area (Å²) >= 11 is 15.0. The van der Waals surface area contributed by atoms with Crippen molar-refractivity contribution in [3.8, 4) is 0 Å². The number of amides is 3. The Labute approximate surface area is 260 Å². The van der Waals surface area contributed by atoms with E-state index in [-0.39, 0.29) is 12.1 Å². The number of nitrogens with zero attached hydrogens (tertiary/aromatic N) is 1. The van der Waals surface area contributed by atoms with Gasteiger partial charge >= 0.3 is 6.18 Å². The van der Waals surface area contributed by atoms with Gasteiger partial charge in [0.2, 0.25) is 17.7 Å². The Bertz CT molecular complexity index is 1720. The average Bonchev–Trinajstić information content (AvgIpc) is 3.29. The van der Waals surface area contributed by atoms with E-state index in [2.05, 4.69) is 5.32 Å². The summed E-state index contributed by atoms with van der Waals surface area (Å²) in [6.07, 6.45) is -4.71. The number of imide groups is 1. The Morgan fingerprint density at radius 2 is 1.23 bits per heavy atom. The predicted octanol–water partition coefficient (Wildman–Crippen LogP) is 6.85. The fourth-order valence-corrected chi connectivity index (χ4v) is 8.23. The van der Waals surface area contributed by atoms with Crippen molar-refractivity contribution in [1.82, 2.24) is 4.90 Å². The highest BCUT2D eigenvalue weighted by atomic mass is 35.5. The average molecular weight is 635 g/mol. The van der Waals surface area contributed by atoms with Crippen LogP contribution < -0.4 is 5.32 Å². The second kappa shape index (κ2) is 9.94. The van der Waals surface area contributed by atoms with Gasteiger partial charge in [0.15, 0.2) is 0 Å². The van der Waals surface area contributed by atoms with Crippen LogP contribution in [0, 0.1) is 11.8 Å². The maximum atomic E-state index is 14.5. The molecule has 10 heteroatoms. The van der Waals surface area contributed by atoms with Crippen molar-refractivity contribution in [3.63, 3.8) is 0 Å². The van der Waals surface area contributed by atoms with Crippen molar-refractivity contribution in [2.24, 2.45) is 11.8 Å². The van der Waals surface area contributed by atoms with E-state index in [1.807, 2.05) is 0 Å². The Kier molecular flexibility index (Phi) is 6.47. The lowest BCUT2D eigenvalue weighted by Crippen LogP contribution is -2.57. The third-order valence-corrected chi connectivity index (χ3v) is 10.2. The topological polar surface area (TPSA) is 66.5 Å². The van der Waals surface area contributed by atoms with Gasteiger partial charge in [-0.25, -0.2) is 0 Å². The summed E-state index contributed by atoms with van der Waals surface area (Å²) in [4.78, 5) is 41.0. The number of carbonyl (C=O) groups is 3. The predicted molar refractivity (Wildman–Crippen MR) is 159 cm³/mol. The Balaban J connectivity index is 1.34. The molecule has 0 spiro atoms. The fraction of sp³-hybridized carbons (Fsp3) is 0.206. The second-order valence-electron chi connectivity index (χ2n) is 11.3. The standard InChI is InChI=1S/C34H23Cl2F3N2O3/c35-32-22-13-4-5-14-23(22)33(36,25-16-7-6-15-24(25)32)28-27(32)30(43)41(31(28)44)26(17-19-9-2-1-3-10-19)29(42)40-21-12-8-11-20(18-21)34(37,38)39/h1-16,18,26-28H,17H2,(H,40,42)/t26-,27-,28+,32?,33?/m1/s1. The number of alkyl halides is 5. The smallest absolute Gasteiger partial charge is 0.324 e. The number of nitrogens with one attached hydrogen (secondary N) is 1. The molecular weight excluding hydrogens is 612 g/mol. The molecule has 1 saturated heterocycles. The number of halogens is 5. The van der Waals surface area contributed by atoms with E-state index >= 15 is 0 Å². The number of benzene rings is 4. The molecule has 8 rings (SSSR count). The molecule has 0 aromatic heterocycles. The van der Waals surface area contributed by atoms with Gasteiger partial charge in [0, 0.05) is 12.1 Å². The highest BCUT2D eigenvalue weighted by Crippen LogP contribution is 2.69. The van der Waals surface area contributed by atoms with E-state index in [0.717, 1.165) is 17.0 Å². The molecule has 222 valence electrons. The molecule has 1 aliphatic heterocycles. The summed E-state index contributed by atoms with van der Waals surface area (Å²) < 4.78 is 40.2. The summed E-state index contributed by atoms with van der Waals surface area (Å²) in [5, 5.41) is 2.51. The molecule has 3 aliphatic carbocycles. The first kappa shape index (κ1) is 28.6. The van der Waals surface area contributed by atoms with Gasteiger partial charge in [0.25, 0.3) is 0 Å². The van der Waals surface area contributed by atoms with Crippen LogP contribution in [0.15, 0.2) is 103 Å². The minimum absolute atomic E-state index is 0.0764. The zero-order chi connectivity index (χ0) is 31.0. The first-order valence-electron chi connectivity index (χ1n) is 13.9. The van der Waals surface area contributed by atoms with Crippen LogP contribution in [-0.4, -0.2) is 28.7 Å². The largest absolute Gasteiger partial charge is 0.416 e. The van der Waals surface area contributed by atoms with Crippen LogP contribution in [0.1, 0.15) is 33.4 Å². The zero-order valence-corrected chi connectivity index (χ0v) is 24.3. The number of rotatable bonds is 5. The Morgan fingerprint density at radius 1 is 0.750 bits per heavy atom. The third-order valence-electron chi connectivity index (χ3n) is 8.96. The number of anilines is 1. The third kappa shape index (κ3) is 3.97. The Morgan fingerprint density at radius 3 is 1.70 bits per heavy atom. The van der Waals surface area contributed by atoms with Crippen LogP contribution in [0.4, 0.5) is 18.9 Å². The molecule has 2 bridgehead atoms. The van der Waals surface area contributed by atoms with Gasteiger partial charge in [-0.3, -0.25) is 19.3 Å². The van der Waals surface area contributed by atoms with E-state index in [0.29, 0.717) is 27.8 Å². The second-order valence-corrected chi connectivity index (χ2v) is 12.5. The minimum Gasteiger partial charge on any atom is -0.324 e. The van der Waals surface area contributed by atoms with E-state index in [9.17, 15) is 27.6 Å².